The van der Waals surface area contributed by atoms with Crippen molar-refractivity contribution in [1.82, 2.24) is 10.2 Å². The highest BCUT2D eigenvalue weighted by molar-refractivity contribution is 14.0. The molecule has 0 heterocycles. The van der Waals surface area contributed by atoms with E-state index in [1.54, 1.807) is 7.05 Å². The number of nitrogens with zero attached hydrogens (tertiary/aromatic N) is 2. The quantitative estimate of drug-likeness (QED) is 0.298. The van der Waals surface area contributed by atoms with Crippen LogP contribution in [-0.4, -0.2) is 51.9 Å². The molecule has 0 bridgehead atoms. The molecule has 0 amide bonds. The number of hydrogen-bond donors (Lipinski definition) is 1. The van der Waals surface area contributed by atoms with Crippen molar-refractivity contribution >= 4 is 39.8 Å². The van der Waals surface area contributed by atoms with Gasteiger partial charge in [0.05, 0.1) is 5.75 Å². The second-order valence-corrected chi connectivity index (χ2v) is 7.74. The minimum Gasteiger partial charge on any atom is -0.356 e. The van der Waals surface area contributed by atoms with Crippen LogP contribution in [0, 0.1) is 0 Å². The van der Waals surface area contributed by atoms with Gasteiger partial charge in [-0.05, 0) is 24.0 Å². The maximum atomic E-state index is 11.1. The van der Waals surface area contributed by atoms with Crippen molar-refractivity contribution in [3.05, 3.63) is 35.4 Å². The van der Waals surface area contributed by atoms with Gasteiger partial charge in [0, 0.05) is 33.4 Å². The summed E-state index contributed by atoms with van der Waals surface area (Å²) in [4.78, 5) is 6.26. The third-order valence-corrected chi connectivity index (χ3v) is 4.43. The van der Waals surface area contributed by atoms with Gasteiger partial charge >= 0.3 is 0 Å². The van der Waals surface area contributed by atoms with E-state index >= 15 is 0 Å². The summed E-state index contributed by atoms with van der Waals surface area (Å²) in [5, 5.41) is 3.20. The lowest BCUT2D eigenvalue weighted by molar-refractivity contribution is 0.476. The van der Waals surface area contributed by atoms with Gasteiger partial charge in [0.15, 0.2) is 5.96 Å². The predicted molar refractivity (Wildman–Crippen MR) is 108 cm³/mol. The molecule has 0 atom stereocenters. The number of nitrogens with one attached hydrogen (secondary N) is 1. The number of hydrogen-bond acceptors (Lipinski definition) is 3. The molecule has 0 aliphatic rings. The van der Waals surface area contributed by atoms with Gasteiger partial charge in [0.2, 0.25) is 0 Å². The van der Waals surface area contributed by atoms with Crippen molar-refractivity contribution in [3.63, 3.8) is 0 Å². The molecular weight excluding hydrogens is 425 g/mol. The minimum atomic E-state index is -2.90. The van der Waals surface area contributed by atoms with Gasteiger partial charge in [-0.1, -0.05) is 31.2 Å². The molecule has 1 N–H and O–H groups in total. The van der Waals surface area contributed by atoms with E-state index in [1.807, 2.05) is 11.9 Å². The molecule has 0 saturated heterocycles. The van der Waals surface area contributed by atoms with Crippen LogP contribution in [0.3, 0.4) is 0 Å². The van der Waals surface area contributed by atoms with E-state index in [1.165, 1.54) is 17.4 Å². The smallest absolute Gasteiger partial charge is 0.193 e. The van der Waals surface area contributed by atoms with Crippen molar-refractivity contribution in [2.45, 2.75) is 26.3 Å². The molecule has 0 unspecified atom stereocenters. The Balaban J connectivity index is 0.00000484. The van der Waals surface area contributed by atoms with Gasteiger partial charge in [-0.15, -0.1) is 24.0 Å². The molecule has 0 saturated carbocycles. The minimum absolute atomic E-state index is 0. The lowest BCUT2D eigenvalue weighted by Crippen LogP contribution is -2.39. The van der Waals surface area contributed by atoms with Gasteiger partial charge in [-0.25, -0.2) is 8.42 Å². The number of sulfone groups is 1. The molecule has 1 rings (SSSR count). The first-order chi connectivity index (χ1) is 10.4. The fourth-order valence-electron chi connectivity index (χ4n) is 2.15. The summed E-state index contributed by atoms with van der Waals surface area (Å²) in [6, 6.07) is 8.55. The topological polar surface area (TPSA) is 61.8 Å². The van der Waals surface area contributed by atoms with E-state index in [2.05, 4.69) is 41.5 Å². The lowest BCUT2D eigenvalue weighted by Gasteiger charge is -2.22. The highest BCUT2D eigenvalue weighted by Crippen LogP contribution is 2.07. The summed E-state index contributed by atoms with van der Waals surface area (Å²) >= 11 is 0. The van der Waals surface area contributed by atoms with Gasteiger partial charge < -0.3 is 10.2 Å². The molecule has 0 spiro atoms. The Hall–Kier alpha value is -0.830. The molecular formula is C16H28IN3O2S. The molecule has 1 aromatic rings. The number of benzene rings is 1. The summed E-state index contributed by atoms with van der Waals surface area (Å²) in [5.41, 5.74) is 2.55. The molecule has 132 valence electrons. The standard InChI is InChI=1S/C16H27N3O2S.HI/c1-5-14-7-9-15(10-8-14)13-19(3)16(17-2)18-11-6-12-22(4,20)21;/h7-10H,5-6,11-13H2,1-4H3,(H,17,18);1H. The van der Waals surface area contributed by atoms with Crippen LogP contribution in [-0.2, 0) is 22.8 Å². The van der Waals surface area contributed by atoms with Gasteiger partial charge in [-0.2, -0.15) is 0 Å². The molecule has 23 heavy (non-hydrogen) atoms. The molecule has 7 heteroatoms. The molecule has 1 aromatic carbocycles. The normalized spacial score (nSPS) is 11.7. The zero-order chi connectivity index (χ0) is 16.6. The summed E-state index contributed by atoms with van der Waals surface area (Å²) in [6.45, 7) is 3.50. The maximum Gasteiger partial charge on any atom is 0.193 e. The van der Waals surface area contributed by atoms with Crippen LogP contribution in [0.25, 0.3) is 0 Å². The number of rotatable bonds is 7. The van der Waals surface area contributed by atoms with E-state index in [4.69, 9.17) is 0 Å². The van der Waals surface area contributed by atoms with E-state index < -0.39 is 9.84 Å². The van der Waals surface area contributed by atoms with Crippen molar-refractivity contribution in [2.24, 2.45) is 4.99 Å². The molecule has 0 fully saturated rings. The van der Waals surface area contributed by atoms with Crippen molar-refractivity contribution < 1.29 is 8.42 Å². The average Bonchev–Trinajstić information content (AvgIpc) is 2.47. The Bertz CT molecular complexity index is 586. The number of halogens is 1. The fraction of sp³-hybridized carbons (Fsp3) is 0.562. The molecule has 5 nitrogen and oxygen atoms in total. The zero-order valence-corrected chi connectivity index (χ0v) is 17.5. The Labute approximate surface area is 157 Å². The highest BCUT2D eigenvalue weighted by atomic mass is 127. The zero-order valence-electron chi connectivity index (χ0n) is 14.4. The summed E-state index contributed by atoms with van der Waals surface area (Å²) in [5.74, 6) is 0.965. The van der Waals surface area contributed by atoms with Crippen molar-refractivity contribution in [3.8, 4) is 0 Å². The van der Waals surface area contributed by atoms with Crippen molar-refractivity contribution in [2.75, 3.05) is 32.6 Å². The van der Waals surface area contributed by atoms with Gasteiger partial charge in [0.1, 0.15) is 9.84 Å². The Kier molecular flexibility index (Phi) is 10.5. The fourth-order valence-corrected chi connectivity index (χ4v) is 2.82. The third-order valence-electron chi connectivity index (χ3n) is 3.40. The summed E-state index contributed by atoms with van der Waals surface area (Å²) in [6.07, 6.45) is 2.88. The van der Waals surface area contributed by atoms with Crippen LogP contribution in [0.2, 0.25) is 0 Å². The van der Waals surface area contributed by atoms with Crippen molar-refractivity contribution in [1.29, 1.82) is 0 Å². The second-order valence-electron chi connectivity index (χ2n) is 5.48. The first-order valence-electron chi connectivity index (χ1n) is 7.53. The van der Waals surface area contributed by atoms with Crippen LogP contribution < -0.4 is 5.32 Å². The second kappa shape index (κ2) is 10.9. The third kappa shape index (κ3) is 9.14. The largest absolute Gasteiger partial charge is 0.356 e. The van der Waals surface area contributed by atoms with Crippen LogP contribution in [0.1, 0.15) is 24.5 Å². The lowest BCUT2D eigenvalue weighted by atomic mass is 10.1. The van der Waals surface area contributed by atoms with E-state index in [-0.39, 0.29) is 29.7 Å². The molecule has 0 aromatic heterocycles. The highest BCUT2D eigenvalue weighted by Gasteiger charge is 2.07. The summed E-state index contributed by atoms with van der Waals surface area (Å²) < 4.78 is 22.2. The first kappa shape index (κ1) is 22.2. The molecule has 0 radical (unpaired) electrons. The van der Waals surface area contributed by atoms with E-state index in [9.17, 15) is 8.42 Å². The van der Waals surface area contributed by atoms with E-state index in [0.29, 0.717) is 13.0 Å². The number of guanidine groups is 1. The monoisotopic (exact) mass is 453 g/mol. The summed E-state index contributed by atoms with van der Waals surface area (Å²) in [7, 11) is 0.806. The molecule has 0 aliphatic carbocycles. The SMILES string of the molecule is CCc1ccc(CN(C)C(=NC)NCCCS(C)(=O)=O)cc1.I. The van der Waals surface area contributed by atoms with Gasteiger partial charge in [-0.3, -0.25) is 4.99 Å². The number of aliphatic imine (C=N–C) groups is 1. The average molecular weight is 453 g/mol. The van der Waals surface area contributed by atoms with E-state index in [0.717, 1.165) is 18.9 Å². The predicted octanol–water partition coefficient (Wildman–Crippen LogP) is 2.31. The Morgan fingerprint density at radius 3 is 2.26 bits per heavy atom. The number of aryl methyl sites for hydroxylation is 1. The maximum absolute atomic E-state index is 11.1. The Morgan fingerprint density at radius 1 is 1.22 bits per heavy atom. The first-order valence-corrected chi connectivity index (χ1v) is 9.59. The molecule has 0 aliphatic heterocycles. The Morgan fingerprint density at radius 2 is 1.78 bits per heavy atom. The van der Waals surface area contributed by atoms with Crippen LogP contribution >= 0.6 is 24.0 Å². The van der Waals surface area contributed by atoms with Crippen LogP contribution in [0.15, 0.2) is 29.3 Å². The van der Waals surface area contributed by atoms with Crippen LogP contribution in [0.5, 0.6) is 0 Å². The van der Waals surface area contributed by atoms with Crippen LogP contribution in [0.4, 0.5) is 0 Å². The van der Waals surface area contributed by atoms with Gasteiger partial charge in [0.25, 0.3) is 0 Å².